The summed E-state index contributed by atoms with van der Waals surface area (Å²) < 4.78 is 83.3. The number of rotatable bonds is 4. The number of nitrogens with zero attached hydrogens (tertiary/aromatic N) is 4. The average molecular weight is 569 g/mol. The number of pyridine rings is 2. The van der Waals surface area contributed by atoms with E-state index in [1.54, 1.807) is 39.8 Å². The monoisotopic (exact) mass is 568 g/mol. The Kier molecular flexibility index (Phi) is 6.84. The molecule has 180 valence electrons. The summed E-state index contributed by atoms with van der Waals surface area (Å²) in [7, 11) is 0. The van der Waals surface area contributed by atoms with E-state index in [9.17, 15) is 26.3 Å². The van der Waals surface area contributed by atoms with Crippen molar-refractivity contribution in [2.45, 2.75) is 33.1 Å². The number of hydrogen-bond donors (Lipinski definition) is 0. The molecule has 0 N–H and O–H groups in total. The maximum Gasteiger partial charge on any atom is 2.00 e. The Morgan fingerprint density at radius 3 is 1.32 bits per heavy atom. The molecule has 0 unspecified atom stereocenters. The minimum atomic E-state index is -1.67. The number of hydrogen-bond acceptors (Lipinski definition) is 2. The molecular weight excluding hydrogens is 553 g/mol. The maximum absolute atomic E-state index is 14.1. The van der Waals surface area contributed by atoms with E-state index >= 15 is 0 Å². The summed E-state index contributed by atoms with van der Waals surface area (Å²) in [5, 5.41) is 0. The minimum Gasteiger partial charge on any atom is -0.401 e. The molecular formula is C23H16F6N4Pd. The van der Waals surface area contributed by atoms with Crippen LogP contribution in [0.25, 0.3) is 11.6 Å². The fraction of sp³-hybridized carbons (Fsp3) is 0.217. The van der Waals surface area contributed by atoms with Gasteiger partial charge < -0.3 is 9.13 Å². The SMILES string of the molecule is Cc1cc(-n2[c-]c(F)c(F)c2F)nc(C(C)(C)c2cc(C)cc(-n3[c-]c(F)c(F)c3F)n2)c1.[Pd+2]. The van der Waals surface area contributed by atoms with Crippen LogP contribution in [-0.4, -0.2) is 19.1 Å². The molecule has 0 aliphatic rings. The van der Waals surface area contributed by atoms with Crippen molar-refractivity contribution in [3.05, 3.63) is 94.3 Å². The Morgan fingerprint density at radius 2 is 1.03 bits per heavy atom. The average Bonchev–Trinajstić information content (AvgIpc) is 3.17. The zero-order chi connectivity index (χ0) is 24.2. The molecule has 0 saturated heterocycles. The van der Waals surface area contributed by atoms with Gasteiger partial charge in [-0.3, -0.25) is 27.5 Å². The van der Waals surface area contributed by atoms with Crippen LogP contribution in [0.15, 0.2) is 24.3 Å². The van der Waals surface area contributed by atoms with Crippen LogP contribution in [0.2, 0.25) is 0 Å². The molecule has 0 radical (unpaired) electrons. The van der Waals surface area contributed by atoms with E-state index in [2.05, 4.69) is 9.97 Å². The summed E-state index contributed by atoms with van der Waals surface area (Å²) in [5.74, 6) is -9.49. The van der Waals surface area contributed by atoms with Crippen molar-refractivity contribution in [2.75, 3.05) is 0 Å². The van der Waals surface area contributed by atoms with Gasteiger partial charge >= 0.3 is 20.4 Å². The fourth-order valence-corrected chi connectivity index (χ4v) is 3.38. The van der Waals surface area contributed by atoms with Crippen LogP contribution < -0.4 is 0 Å². The van der Waals surface area contributed by atoms with Crippen LogP contribution in [0.5, 0.6) is 0 Å². The topological polar surface area (TPSA) is 35.6 Å². The molecule has 11 heteroatoms. The molecule has 34 heavy (non-hydrogen) atoms. The van der Waals surface area contributed by atoms with Gasteiger partial charge in [-0.25, -0.2) is 8.78 Å². The molecule has 4 aromatic rings. The first-order chi connectivity index (χ1) is 15.4. The van der Waals surface area contributed by atoms with Crippen molar-refractivity contribution >= 4 is 0 Å². The molecule has 0 atom stereocenters. The van der Waals surface area contributed by atoms with Crippen molar-refractivity contribution in [3.8, 4) is 11.6 Å². The molecule has 4 nitrogen and oxygen atoms in total. The molecule has 0 fully saturated rings. The number of halogens is 6. The quantitative estimate of drug-likeness (QED) is 0.187. The molecule has 0 bridgehead atoms. The van der Waals surface area contributed by atoms with Crippen LogP contribution in [0.3, 0.4) is 0 Å². The summed E-state index contributed by atoms with van der Waals surface area (Å²) in [4.78, 5) is 8.69. The Labute approximate surface area is 204 Å². The van der Waals surface area contributed by atoms with Crippen molar-refractivity contribution in [2.24, 2.45) is 0 Å². The normalized spacial score (nSPS) is 11.6. The van der Waals surface area contributed by atoms with E-state index in [0.717, 1.165) is 0 Å². The molecule has 0 aromatic carbocycles. The third kappa shape index (κ3) is 4.30. The standard InChI is InChI=1S/C23H16F6N4.Pd/c1-11-5-15(30-17(7-11)32-9-13(24)19(26)21(32)28)23(3,4)16-6-12(2)8-18(31-16)33-10-14(25)20(27)22(33)29;/h5-8H,1-4H3;/q-2;+2. The summed E-state index contributed by atoms with van der Waals surface area (Å²) in [5.41, 5.74) is 0.902. The Balaban J connectivity index is 0.00000324. The molecule has 4 heterocycles. The van der Waals surface area contributed by atoms with Crippen molar-refractivity contribution in [3.63, 3.8) is 0 Å². The van der Waals surface area contributed by atoms with Gasteiger partial charge in [0, 0.05) is 16.8 Å². The second-order valence-electron chi connectivity index (χ2n) is 8.13. The van der Waals surface area contributed by atoms with Gasteiger partial charge in [-0.2, -0.15) is 0 Å². The van der Waals surface area contributed by atoms with Crippen LogP contribution >= 0.6 is 0 Å². The predicted octanol–water partition coefficient (Wildman–Crippen LogP) is 5.43. The second kappa shape index (κ2) is 9.04. The smallest absolute Gasteiger partial charge is 0.401 e. The third-order valence-electron chi connectivity index (χ3n) is 5.21. The van der Waals surface area contributed by atoms with E-state index in [1.165, 1.54) is 12.1 Å². The van der Waals surface area contributed by atoms with Gasteiger partial charge in [0.1, 0.15) is 11.9 Å². The van der Waals surface area contributed by atoms with E-state index in [-0.39, 0.29) is 32.1 Å². The first-order valence-corrected chi connectivity index (χ1v) is 9.68. The molecule has 4 rings (SSSR count). The van der Waals surface area contributed by atoms with Gasteiger partial charge in [-0.15, -0.1) is 0 Å². The summed E-state index contributed by atoms with van der Waals surface area (Å²) >= 11 is 0. The minimum absolute atomic E-state index is 0. The van der Waals surface area contributed by atoms with Gasteiger partial charge in [-0.1, -0.05) is 23.3 Å². The van der Waals surface area contributed by atoms with Gasteiger partial charge in [0.2, 0.25) is 0 Å². The van der Waals surface area contributed by atoms with Crippen LogP contribution in [0.1, 0.15) is 36.4 Å². The zero-order valence-electron chi connectivity index (χ0n) is 18.2. The van der Waals surface area contributed by atoms with E-state index < -0.39 is 40.6 Å². The van der Waals surface area contributed by atoms with Crippen LogP contribution in [0, 0.1) is 61.4 Å². The van der Waals surface area contributed by atoms with Crippen LogP contribution in [0.4, 0.5) is 26.3 Å². The third-order valence-corrected chi connectivity index (χ3v) is 5.21. The second-order valence-corrected chi connectivity index (χ2v) is 8.13. The summed E-state index contributed by atoms with van der Waals surface area (Å²) in [6, 6.07) is 6.18. The number of aryl methyl sites for hydroxylation is 2. The molecule has 0 aliphatic carbocycles. The summed E-state index contributed by atoms with van der Waals surface area (Å²) in [6.45, 7) is 6.81. The van der Waals surface area contributed by atoms with Gasteiger partial charge in [0.05, 0.1) is 34.9 Å². The van der Waals surface area contributed by atoms with Gasteiger partial charge in [0.25, 0.3) is 0 Å². The zero-order valence-corrected chi connectivity index (χ0v) is 19.7. The van der Waals surface area contributed by atoms with Crippen molar-refractivity contribution in [1.82, 2.24) is 19.1 Å². The molecule has 0 saturated carbocycles. The molecule has 0 amide bonds. The summed E-state index contributed by atoms with van der Waals surface area (Å²) in [6.07, 6.45) is 3.86. The Hall–Kier alpha value is -2.90. The van der Waals surface area contributed by atoms with E-state index in [0.29, 0.717) is 31.6 Å². The Morgan fingerprint density at radius 1 is 0.676 bits per heavy atom. The first-order valence-electron chi connectivity index (χ1n) is 9.68. The van der Waals surface area contributed by atoms with Crippen molar-refractivity contribution in [1.29, 1.82) is 0 Å². The maximum atomic E-state index is 14.1. The predicted molar refractivity (Wildman–Crippen MR) is 106 cm³/mol. The fourth-order valence-electron chi connectivity index (χ4n) is 3.38. The molecule has 4 aromatic heterocycles. The van der Waals surface area contributed by atoms with E-state index in [4.69, 9.17) is 0 Å². The molecule has 0 aliphatic heterocycles. The van der Waals surface area contributed by atoms with E-state index in [1.807, 2.05) is 12.4 Å². The first kappa shape index (κ1) is 25.7. The van der Waals surface area contributed by atoms with Gasteiger partial charge in [-0.05, 0) is 52.2 Å². The molecule has 0 spiro atoms. The van der Waals surface area contributed by atoms with Crippen molar-refractivity contribution < 1.29 is 46.8 Å². The number of aromatic nitrogens is 4. The van der Waals surface area contributed by atoms with Crippen LogP contribution in [-0.2, 0) is 25.8 Å². The van der Waals surface area contributed by atoms with Gasteiger partial charge in [0.15, 0.2) is 0 Å². The Bertz CT molecular complexity index is 1290. The largest absolute Gasteiger partial charge is 2.00 e.